The lowest BCUT2D eigenvalue weighted by Crippen LogP contribution is -2.61. The predicted molar refractivity (Wildman–Crippen MR) is 272 cm³/mol. The average molecular weight is 834 g/mol. The summed E-state index contributed by atoms with van der Waals surface area (Å²) in [6.07, 6.45) is 10.8. The number of aryl methyl sites for hydroxylation is 2. The highest BCUT2D eigenvalue weighted by atomic mass is 32.1. The molecule has 1 fully saturated rings. The summed E-state index contributed by atoms with van der Waals surface area (Å²) in [6.45, 7) is 6.91. The molecule has 12 rings (SSSR count). The van der Waals surface area contributed by atoms with Crippen molar-refractivity contribution in [2.75, 3.05) is 9.80 Å². The van der Waals surface area contributed by atoms with Crippen molar-refractivity contribution >= 4 is 90.4 Å². The van der Waals surface area contributed by atoms with E-state index in [9.17, 15) is 0 Å². The smallest absolute Gasteiger partial charge is 0.252 e. The number of thiophene rings is 1. The van der Waals surface area contributed by atoms with Gasteiger partial charge in [-0.1, -0.05) is 123 Å². The first-order valence-electron chi connectivity index (χ1n) is 23.2. The molecule has 0 spiro atoms. The van der Waals surface area contributed by atoms with E-state index in [0.29, 0.717) is 5.92 Å². The van der Waals surface area contributed by atoms with Gasteiger partial charge in [-0.15, -0.1) is 11.3 Å². The Hall–Kier alpha value is -6.30. The first-order chi connectivity index (χ1) is 31.0. The molecule has 5 heteroatoms. The highest BCUT2D eigenvalue weighted by molar-refractivity contribution is 7.12. The molecule has 1 aliphatic carbocycles. The molecule has 0 amide bonds. The zero-order chi connectivity index (χ0) is 42.2. The molecule has 9 aromatic rings. The summed E-state index contributed by atoms with van der Waals surface area (Å²) in [6, 6.07) is 60.0. The van der Waals surface area contributed by atoms with Crippen LogP contribution in [0.5, 0.6) is 0 Å². The Morgan fingerprint density at radius 3 is 1.78 bits per heavy atom. The number of para-hydroxylation sites is 4. The molecule has 0 atom stereocenters. The number of aromatic nitrogens is 1. The van der Waals surface area contributed by atoms with Crippen molar-refractivity contribution < 1.29 is 0 Å². The Bertz CT molecular complexity index is 3190. The van der Waals surface area contributed by atoms with E-state index in [0.717, 1.165) is 5.69 Å². The van der Waals surface area contributed by atoms with Crippen LogP contribution < -0.4 is 26.2 Å². The van der Waals surface area contributed by atoms with Crippen molar-refractivity contribution in [1.29, 1.82) is 0 Å². The van der Waals surface area contributed by atoms with E-state index in [1.165, 1.54) is 156 Å². The van der Waals surface area contributed by atoms with Gasteiger partial charge in [0.15, 0.2) is 0 Å². The largest absolute Gasteiger partial charge is 0.311 e. The van der Waals surface area contributed by atoms with Crippen LogP contribution in [0.15, 0.2) is 158 Å². The Morgan fingerprint density at radius 1 is 0.476 bits per heavy atom. The third kappa shape index (κ3) is 6.22. The number of benzene rings is 7. The molecule has 4 heterocycles. The van der Waals surface area contributed by atoms with Crippen molar-refractivity contribution in [3.05, 3.63) is 179 Å². The van der Waals surface area contributed by atoms with E-state index in [1.807, 2.05) is 11.3 Å². The third-order valence-electron chi connectivity index (χ3n) is 14.6. The lowest BCUT2D eigenvalue weighted by atomic mass is 9.33. The molecule has 2 aromatic heterocycles. The number of hydrogen-bond donors (Lipinski definition) is 0. The maximum Gasteiger partial charge on any atom is 0.252 e. The van der Waals surface area contributed by atoms with Gasteiger partial charge in [-0.25, -0.2) is 0 Å². The lowest BCUT2D eigenvalue weighted by molar-refractivity contribution is 0.540. The van der Waals surface area contributed by atoms with Crippen LogP contribution in [0, 0.1) is 20.8 Å². The van der Waals surface area contributed by atoms with Crippen molar-refractivity contribution in [2.24, 2.45) is 0 Å². The molecule has 3 nitrogen and oxygen atoms in total. The van der Waals surface area contributed by atoms with Crippen LogP contribution in [0.2, 0.25) is 0 Å². The first kappa shape index (κ1) is 38.4. The topological polar surface area (TPSA) is 11.4 Å². The van der Waals surface area contributed by atoms with Gasteiger partial charge in [-0.2, -0.15) is 0 Å². The van der Waals surface area contributed by atoms with Crippen LogP contribution in [0.4, 0.5) is 34.1 Å². The highest BCUT2D eigenvalue weighted by Gasteiger charge is 2.44. The number of fused-ring (bicyclic) bond motifs is 7. The summed E-state index contributed by atoms with van der Waals surface area (Å²) in [4.78, 5) is 7.83. The molecule has 7 aromatic carbocycles. The van der Waals surface area contributed by atoms with E-state index < -0.39 is 0 Å². The zero-order valence-electron chi connectivity index (χ0n) is 36.6. The molecular weight excluding hydrogens is 782 g/mol. The van der Waals surface area contributed by atoms with E-state index in [4.69, 9.17) is 0 Å². The molecule has 3 aliphatic rings. The fourth-order valence-corrected chi connectivity index (χ4v) is 12.7. The average Bonchev–Trinajstić information content (AvgIpc) is 3.84. The second-order valence-corrected chi connectivity index (χ2v) is 19.7. The minimum Gasteiger partial charge on any atom is -0.311 e. The molecule has 0 saturated heterocycles. The third-order valence-corrected chi connectivity index (χ3v) is 15.7. The number of hydrogen-bond acceptors (Lipinski definition) is 3. The zero-order valence-corrected chi connectivity index (χ0v) is 37.4. The molecule has 0 N–H and O–H groups in total. The van der Waals surface area contributed by atoms with Gasteiger partial charge in [0.2, 0.25) is 0 Å². The molecule has 2 aliphatic heterocycles. The minimum absolute atomic E-state index is 0.0457. The normalized spacial score (nSPS) is 15.2. The summed E-state index contributed by atoms with van der Waals surface area (Å²) >= 11 is 1.91. The predicted octanol–water partition coefficient (Wildman–Crippen LogP) is 14.7. The van der Waals surface area contributed by atoms with Crippen molar-refractivity contribution in [2.45, 2.75) is 78.1 Å². The van der Waals surface area contributed by atoms with Gasteiger partial charge in [0.1, 0.15) is 0 Å². The van der Waals surface area contributed by atoms with Gasteiger partial charge in [-0.05, 0) is 151 Å². The van der Waals surface area contributed by atoms with Gasteiger partial charge >= 0.3 is 0 Å². The van der Waals surface area contributed by atoms with Crippen LogP contribution in [-0.2, 0) is 0 Å². The summed E-state index contributed by atoms with van der Waals surface area (Å²) in [5.74, 6) is 0.634. The van der Waals surface area contributed by atoms with Gasteiger partial charge in [0, 0.05) is 60.3 Å². The van der Waals surface area contributed by atoms with Crippen LogP contribution in [0.1, 0.15) is 78.2 Å². The Balaban J connectivity index is 1.11. The molecule has 63 heavy (non-hydrogen) atoms. The Kier molecular flexibility index (Phi) is 9.44. The van der Waals surface area contributed by atoms with E-state index in [2.05, 4.69) is 193 Å². The van der Waals surface area contributed by atoms with Crippen LogP contribution in [0.3, 0.4) is 0 Å². The molecule has 0 bridgehead atoms. The van der Waals surface area contributed by atoms with Crippen LogP contribution >= 0.6 is 11.3 Å². The van der Waals surface area contributed by atoms with Gasteiger partial charge < -0.3 is 14.4 Å². The number of nitrogens with zero attached hydrogens (tertiary/aromatic N) is 3. The van der Waals surface area contributed by atoms with E-state index in [1.54, 1.807) is 0 Å². The van der Waals surface area contributed by atoms with Crippen LogP contribution in [0.25, 0.3) is 38.6 Å². The van der Waals surface area contributed by atoms with Gasteiger partial charge in [0.05, 0.1) is 11.0 Å². The van der Waals surface area contributed by atoms with E-state index >= 15 is 0 Å². The highest BCUT2D eigenvalue weighted by Crippen LogP contribution is 2.48. The summed E-state index contributed by atoms with van der Waals surface area (Å²) in [7, 11) is 0. The quantitative estimate of drug-likeness (QED) is 0.160. The van der Waals surface area contributed by atoms with E-state index in [-0.39, 0.29) is 6.71 Å². The maximum absolute atomic E-state index is 2.57. The Labute approximate surface area is 376 Å². The SMILES string of the molecule is Cc1sc(C)c(-c2cc3c4c(c2)N(c2ccccc2)c2cc(-n5c6ccccc6c6cc(C7CCCCCCCC7)ccc65)ccc2B4c2ccccc2N3c2ccccc2)c1C. The second kappa shape index (κ2) is 15.5. The first-order valence-corrected chi connectivity index (χ1v) is 24.1. The fourth-order valence-electron chi connectivity index (χ4n) is 11.6. The van der Waals surface area contributed by atoms with Crippen molar-refractivity contribution in [3.8, 4) is 16.8 Å². The second-order valence-electron chi connectivity index (χ2n) is 18.2. The fraction of sp³-hybridized carbons (Fsp3) is 0.207. The van der Waals surface area contributed by atoms with Crippen molar-refractivity contribution in [1.82, 2.24) is 4.57 Å². The molecule has 1 saturated carbocycles. The monoisotopic (exact) mass is 833 g/mol. The summed E-state index contributed by atoms with van der Waals surface area (Å²) in [5, 5.41) is 2.69. The maximum atomic E-state index is 2.57. The standard InChI is InChI=1S/C58H52BN3S/c1-38-39(2)63-40(3)57(38)43-35-55-58-56(36-43)61(45-24-14-9-15-25-45)54-37-46(31-32-50(54)59(58)49-27-17-19-29-53(49)60(55)44-22-12-8-13-23-44)62-51-28-18-16-26-47(51)48-34-42(30-33-52(48)62)41-20-10-6-4-5-7-11-21-41/h8-9,12-19,22-37,41H,4-7,10-11,20-21H2,1-3H3. The number of anilines is 6. The Morgan fingerprint density at radius 2 is 1.08 bits per heavy atom. The molecular formula is C58H52BN3S. The minimum atomic E-state index is 0.0457. The molecule has 0 unspecified atom stereocenters. The summed E-state index contributed by atoms with van der Waals surface area (Å²) < 4.78 is 2.53. The van der Waals surface area contributed by atoms with Crippen LogP contribution in [-0.4, -0.2) is 11.3 Å². The summed E-state index contributed by atoms with van der Waals surface area (Å²) in [5.41, 5.74) is 20.5. The molecule has 0 radical (unpaired) electrons. The van der Waals surface area contributed by atoms with Crippen molar-refractivity contribution in [3.63, 3.8) is 0 Å². The lowest BCUT2D eigenvalue weighted by Gasteiger charge is -2.44. The van der Waals surface area contributed by atoms with Gasteiger partial charge in [-0.3, -0.25) is 0 Å². The molecule has 308 valence electrons. The number of rotatable bonds is 5. The van der Waals surface area contributed by atoms with Gasteiger partial charge in [0.25, 0.3) is 6.71 Å².